The fraction of sp³-hybridized carbons (Fsp3) is 0.714. The zero-order chi connectivity index (χ0) is 13.2. The Morgan fingerprint density at radius 2 is 1.89 bits per heavy atom. The maximum absolute atomic E-state index is 5.56. The molecule has 0 atom stereocenters. The lowest BCUT2D eigenvalue weighted by Gasteiger charge is -2.06. The van der Waals surface area contributed by atoms with Crippen LogP contribution in [0.3, 0.4) is 0 Å². The Morgan fingerprint density at radius 3 is 2.56 bits per heavy atom. The Labute approximate surface area is 110 Å². The van der Waals surface area contributed by atoms with E-state index in [1.807, 2.05) is 6.92 Å². The van der Waals surface area contributed by atoms with Gasteiger partial charge in [-0.2, -0.15) is 0 Å². The number of hydrogen-bond acceptors (Lipinski definition) is 4. The van der Waals surface area contributed by atoms with Crippen molar-refractivity contribution in [1.29, 1.82) is 0 Å². The first-order chi connectivity index (χ1) is 8.77. The minimum Gasteiger partial charge on any atom is -0.463 e. The van der Waals surface area contributed by atoms with Gasteiger partial charge >= 0.3 is 6.01 Å². The molecule has 102 valence electrons. The predicted molar refractivity (Wildman–Crippen MR) is 73.5 cm³/mol. The molecule has 0 saturated carbocycles. The standard InChI is InChI=1S/C14H25N3O/c1-3-4-5-6-7-8-9-18-14-16-11-13(10-15)12(2)17-14/h11H,3-10,15H2,1-2H3. The minimum absolute atomic E-state index is 0.471. The largest absolute Gasteiger partial charge is 0.463 e. The molecule has 0 saturated heterocycles. The molecule has 0 spiro atoms. The molecule has 0 aliphatic carbocycles. The van der Waals surface area contributed by atoms with Gasteiger partial charge in [0.25, 0.3) is 0 Å². The van der Waals surface area contributed by atoms with Gasteiger partial charge in [-0.25, -0.2) is 9.97 Å². The van der Waals surface area contributed by atoms with Gasteiger partial charge in [0.2, 0.25) is 0 Å². The molecule has 0 aromatic carbocycles. The van der Waals surface area contributed by atoms with Crippen LogP contribution < -0.4 is 10.5 Å². The van der Waals surface area contributed by atoms with E-state index in [4.69, 9.17) is 10.5 Å². The van der Waals surface area contributed by atoms with Crippen LogP contribution in [0, 0.1) is 6.92 Å². The van der Waals surface area contributed by atoms with Gasteiger partial charge < -0.3 is 10.5 Å². The van der Waals surface area contributed by atoms with Gasteiger partial charge in [0, 0.05) is 24.0 Å². The summed E-state index contributed by atoms with van der Waals surface area (Å²) < 4.78 is 5.53. The van der Waals surface area contributed by atoms with Crippen molar-refractivity contribution < 1.29 is 4.74 Å². The van der Waals surface area contributed by atoms with Crippen LogP contribution in [0.2, 0.25) is 0 Å². The monoisotopic (exact) mass is 251 g/mol. The zero-order valence-electron chi connectivity index (χ0n) is 11.6. The highest BCUT2D eigenvalue weighted by Crippen LogP contribution is 2.09. The molecule has 2 N–H and O–H groups in total. The summed E-state index contributed by atoms with van der Waals surface area (Å²) in [5.41, 5.74) is 7.44. The Hall–Kier alpha value is -1.16. The van der Waals surface area contributed by atoms with Crippen LogP contribution in [0.1, 0.15) is 56.7 Å². The second-order valence-corrected chi connectivity index (χ2v) is 4.58. The minimum atomic E-state index is 0.471. The van der Waals surface area contributed by atoms with Gasteiger partial charge in [-0.1, -0.05) is 39.0 Å². The SMILES string of the molecule is CCCCCCCCOc1ncc(CN)c(C)n1. The molecule has 0 fully saturated rings. The average molecular weight is 251 g/mol. The molecular weight excluding hydrogens is 226 g/mol. The van der Waals surface area contributed by atoms with E-state index in [0.717, 1.165) is 17.7 Å². The quantitative estimate of drug-likeness (QED) is 0.685. The fourth-order valence-corrected chi connectivity index (χ4v) is 1.79. The van der Waals surface area contributed by atoms with E-state index in [1.54, 1.807) is 6.20 Å². The summed E-state index contributed by atoms with van der Waals surface area (Å²) in [6.45, 7) is 5.34. The molecule has 1 aromatic rings. The van der Waals surface area contributed by atoms with Crippen molar-refractivity contribution in [3.63, 3.8) is 0 Å². The highest BCUT2D eigenvalue weighted by molar-refractivity contribution is 5.17. The van der Waals surface area contributed by atoms with Crippen molar-refractivity contribution in [1.82, 2.24) is 9.97 Å². The summed E-state index contributed by atoms with van der Waals surface area (Å²) >= 11 is 0. The van der Waals surface area contributed by atoms with Crippen LogP contribution in [0.25, 0.3) is 0 Å². The lowest BCUT2D eigenvalue weighted by Crippen LogP contribution is -2.06. The number of rotatable bonds is 9. The van der Waals surface area contributed by atoms with Gasteiger partial charge in [-0.15, -0.1) is 0 Å². The van der Waals surface area contributed by atoms with Gasteiger partial charge in [-0.05, 0) is 13.3 Å². The molecule has 0 unspecified atom stereocenters. The molecule has 1 heterocycles. The molecule has 0 amide bonds. The van der Waals surface area contributed by atoms with Crippen molar-refractivity contribution in [3.8, 4) is 6.01 Å². The number of aromatic nitrogens is 2. The zero-order valence-corrected chi connectivity index (χ0v) is 11.6. The maximum atomic E-state index is 5.56. The van der Waals surface area contributed by atoms with Crippen LogP contribution in [-0.2, 0) is 6.54 Å². The molecule has 4 heteroatoms. The first kappa shape index (κ1) is 14.9. The first-order valence-electron chi connectivity index (χ1n) is 6.93. The molecule has 1 aromatic heterocycles. The second kappa shape index (κ2) is 8.86. The van der Waals surface area contributed by atoms with Crippen molar-refractivity contribution in [2.75, 3.05) is 6.61 Å². The third-order valence-corrected chi connectivity index (χ3v) is 3.01. The van der Waals surface area contributed by atoms with Crippen molar-refractivity contribution >= 4 is 0 Å². The molecule has 0 radical (unpaired) electrons. The number of nitrogens with zero attached hydrogens (tertiary/aromatic N) is 2. The van der Waals surface area contributed by atoms with Gasteiger partial charge in [-0.3, -0.25) is 0 Å². The summed E-state index contributed by atoms with van der Waals surface area (Å²) in [5, 5.41) is 0. The van der Waals surface area contributed by atoms with Gasteiger partial charge in [0.05, 0.1) is 6.61 Å². The van der Waals surface area contributed by atoms with Crippen LogP contribution in [-0.4, -0.2) is 16.6 Å². The second-order valence-electron chi connectivity index (χ2n) is 4.58. The molecule has 4 nitrogen and oxygen atoms in total. The lowest BCUT2D eigenvalue weighted by molar-refractivity contribution is 0.280. The molecule has 18 heavy (non-hydrogen) atoms. The highest BCUT2D eigenvalue weighted by atomic mass is 16.5. The summed E-state index contributed by atoms with van der Waals surface area (Å²) in [6, 6.07) is 0.471. The van der Waals surface area contributed by atoms with E-state index in [2.05, 4.69) is 16.9 Å². The Bertz CT molecular complexity index is 342. The first-order valence-corrected chi connectivity index (χ1v) is 6.93. The molecule has 0 aliphatic rings. The normalized spacial score (nSPS) is 10.6. The Kier molecular flexibility index (Phi) is 7.34. The number of hydrogen-bond donors (Lipinski definition) is 1. The summed E-state index contributed by atoms with van der Waals surface area (Å²) in [4.78, 5) is 8.42. The molecular formula is C14H25N3O. The van der Waals surface area contributed by atoms with E-state index >= 15 is 0 Å². The molecule has 1 rings (SSSR count). The number of aryl methyl sites for hydroxylation is 1. The predicted octanol–water partition coefficient (Wildman–Crippen LogP) is 2.98. The van der Waals surface area contributed by atoms with E-state index in [9.17, 15) is 0 Å². The lowest BCUT2D eigenvalue weighted by atomic mass is 10.1. The average Bonchev–Trinajstić information content (AvgIpc) is 2.38. The molecule has 0 aliphatic heterocycles. The molecule has 0 bridgehead atoms. The van der Waals surface area contributed by atoms with Crippen LogP contribution >= 0.6 is 0 Å². The van der Waals surface area contributed by atoms with E-state index in [1.165, 1.54) is 32.1 Å². The van der Waals surface area contributed by atoms with E-state index in [-0.39, 0.29) is 0 Å². The van der Waals surface area contributed by atoms with Gasteiger partial charge in [0.15, 0.2) is 0 Å². The Morgan fingerprint density at radius 1 is 1.17 bits per heavy atom. The van der Waals surface area contributed by atoms with E-state index in [0.29, 0.717) is 19.2 Å². The maximum Gasteiger partial charge on any atom is 0.316 e. The van der Waals surface area contributed by atoms with Crippen LogP contribution in [0.4, 0.5) is 0 Å². The van der Waals surface area contributed by atoms with Crippen LogP contribution in [0.5, 0.6) is 6.01 Å². The van der Waals surface area contributed by atoms with Gasteiger partial charge in [0.1, 0.15) is 0 Å². The number of ether oxygens (including phenoxy) is 1. The smallest absolute Gasteiger partial charge is 0.316 e. The van der Waals surface area contributed by atoms with Crippen molar-refractivity contribution in [2.24, 2.45) is 5.73 Å². The van der Waals surface area contributed by atoms with E-state index < -0.39 is 0 Å². The number of unbranched alkanes of at least 4 members (excludes halogenated alkanes) is 5. The summed E-state index contributed by atoms with van der Waals surface area (Å²) in [7, 11) is 0. The third kappa shape index (κ3) is 5.45. The third-order valence-electron chi connectivity index (χ3n) is 3.01. The van der Waals surface area contributed by atoms with Crippen molar-refractivity contribution in [2.45, 2.75) is 58.9 Å². The Balaban J connectivity index is 2.17. The topological polar surface area (TPSA) is 61.0 Å². The summed E-state index contributed by atoms with van der Waals surface area (Å²) in [5.74, 6) is 0. The van der Waals surface area contributed by atoms with Crippen LogP contribution in [0.15, 0.2) is 6.20 Å². The fourth-order valence-electron chi connectivity index (χ4n) is 1.79. The van der Waals surface area contributed by atoms with Crippen molar-refractivity contribution in [3.05, 3.63) is 17.5 Å². The summed E-state index contributed by atoms with van der Waals surface area (Å²) in [6.07, 6.45) is 9.30. The highest BCUT2D eigenvalue weighted by Gasteiger charge is 2.02. The number of nitrogens with two attached hydrogens (primary N) is 1.